The summed E-state index contributed by atoms with van der Waals surface area (Å²) < 4.78 is 6.68. The van der Waals surface area contributed by atoms with Crippen molar-refractivity contribution < 1.29 is 4.74 Å². The minimum atomic E-state index is -0.538. The Morgan fingerprint density at radius 3 is 1.62 bits per heavy atom. The summed E-state index contributed by atoms with van der Waals surface area (Å²) in [7, 11) is 0. The highest BCUT2D eigenvalue weighted by Crippen LogP contribution is 2.57. The van der Waals surface area contributed by atoms with Crippen LogP contribution in [0.4, 0.5) is 0 Å². The first-order valence-electron chi connectivity index (χ1n) is 18.1. The molecule has 0 amide bonds. The van der Waals surface area contributed by atoms with Gasteiger partial charge in [0.05, 0.1) is 5.41 Å². The predicted molar refractivity (Wildman–Crippen MR) is 205 cm³/mol. The van der Waals surface area contributed by atoms with Crippen LogP contribution < -0.4 is 4.74 Å². The zero-order valence-electron chi connectivity index (χ0n) is 28.1. The molecule has 1 saturated carbocycles. The molecule has 7 aromatic carbocycles. The van der Waals surface area contributed by atoms with E-state index in [4.69, 9.17) is 4.74 Å². The molecule has 0 saturated heterocycles. The molecule has 1 heteroatoms. The van der Waals surface area contributed by atoms with Gasteiger partial charge in [0.15, 0.2) is 0 Å². The van der Waals surface area contributed by atoms with Crippen LogP contribution in [0.2, 0.25) is 0 Å². The second-order valence-corrected chi connectivity index (χ2v) is 14.3. The van der Waals surface area contributed by atoms with Crippen molar-refractivity contribution in [2.75, 3.05) is 0 Å². The fraction of sp³-hybridized carbons (Fsp3) is 0.143. The van der Waals surface area contributed by atoms with Crippen molar-refractivity contribution in [3.05, 3.63) is 203 Å². The Kier molecular flexibility index (Phi) is 6.71. The Morgan fingerprint density at radius 2 is 0.900 bits per heavy atom. The number of hydrogen-bond donors (Lipinski definition) is 0. The highest BCUT2D eigenvalue weighted by Gasteiger charge is 2.46. The summed E-state index contributed by atoms with van der Waals surface area (Å²) in [6.45, 7) is 0. The molecule has 10 rings (SSSR count). The molecule has 0 atom stereocenters. The lowest BCUT2D eigenvalue weighted by molar-refractivity contribution is 0.353. The van der Waals surface area contributed by atoms with E-state index in [-0.39, 0.29) is 5.41 Å². The van der Waals surface area contributed by atoms with E-state index in [0.717, 1.165) is 22.6 Å². The molecule has 1 fully saturated rings. The van der Waals surface area contributed by atoms with Crippen molar-refractivity contribution in [2.24, 2.45) is 0 Å². The molecule has 3 aliphatic rings. The number of rotatable bonds is 4. The first-order valence-corrected chi connectivity index (χ1v) is 18.1. The summed E-state index contributed by atoms with van der Waals surface area (Å²) >= 11 is 0. The highest BCUT2D eigenvalue weighted by molar-refractivity contribution is 5.85. The summed E-state index contributed by atoms with van der Waals surface area (Å²) in [4.78, 5) is 0. The summed E-state index contributed by atoms with van der Waals surface area (Å²) in [5, 5.41) is 0. The van der Waals surface area contributed by atoms with Gasteiger partial charge in [-0.15, -0.1) is 0 Å². The third-order valence-electron chi connectivity index (χ3n) is 11.8. The third kappa shape index (κ3) is 4.26. The van der Waals surface area contributed by atoms with Gasteiger partial charge in [-0.3, -0.25) is 0 Å². The number of fused-ring (bicyclic) bond motifs is 7. The van der Waals surface area contributed by atoms with Gasteiger partial charge in [0.1, 0.15) is 11.5 Å². The lowest BCUT2D eigenvalue weighted by Crippen LogP contribution is -2.34. The molecule has 0 aromatic heterocycles. The minimum Gasteiger partial charge on any atom is -0.457 e. The fourth-order valence-corrected chi connectivity index (χ4v) is 9.59. The van der Waals surface area contributed by atoms with Gasteiger partial charge in [0.2, 0.25) is 0 Å². The van der Waals surface area contributed by atoms with Crippen LogP contribution in [0.1, 0.15) is 65.5 Å². The van der Waals surface area contributed by atoms with Crippen LogP contribution in [-0.2, 0) is 10.8 Å². The fourth-order valence-electron chi connectivity index (χ4n) is 9.59. The van der Waals surface area contributed by atoms with Gasteiger partial charge in [-0.1, -0.05) is 159 Å². The maximum Gasteiger partial charge on any atom is 0.132 e. The number of ether oxygens (including phenoxy) is 1. The van der Waals surface area contributed by atoms with Gasteiger partial charge in [0, 0.05) is 16.5 Å². The standard InChI is InChI=1S/C49H38O/c1-4-17-38(18-5-1)49(39-19-6-2-7-20-39)43-23-10-11-24-46(43)50-47-28-26-37(33-45(47)49)35-16-14-15-34(31-35)36-25-27-41-40-21-8-9-22-42(40)48(44(41)32-36)29-12-3-13-30-48/h1-2,4-11,14-28,31-33H,3,12-13,29-30H2. The first kappa shape index (κ1) is 29.3. The average Bonchev–Trinajstić information content (AvgIpc) is 3.45. The summed E-state index contributed by atoms with van der Waals surface area (Å²) in [6.07, 6.45) is 6.42. The van der Waals surface area contributed by atoms with Gasteiger partial charge in [-0.05, 0) is 98.8 Å². The van der Waals surface area contributed by atoms with Crippen LogP contribution in [0.5, 0.6) is 11.5 Å². The highest BCUT2D eigenvalue weighted by atomic mass is 16.5. The van der Waals surface area contributed by atoms with Gasteiger partial charge >= 0.3 is 0 Å². The largest absolute Gasteiger partial charge is 0.457 e. The van der Waals surface area contributed by atoms with E-state index < -0.39 is 5.41 Å². The zero-order valence-corrected chi connectivity index (χ0v) is 28.1. The molecule has 240 valence electrons. The molecule has 1 aliphatic heterocycles. The van der Waals surface area contributed by atoms with E-state index in [1.165, 1.54) is 82.2 Å². The van der Waals surface area contributed by atoms with E-state index in [1.807, 2.05) is 0 Å². The number of hydrogen-bond acceptors (Lipinski definition) is 1. The van der Waals surface area contributed by atoms with Crippen molar-refractivity contribution in [1.82, 2.24) is 0 Å². The Morgan fingerprint density at radius 1 is 0.360 bits per heavy atom. The van der Waals surface area contributed by atoms with E-state index >= 15 is 0 Å². The van der Waals surface area contributed by atoms with Crippen molar-refractivity contribution in [2.45, 2.75) is 42.9 Å². The van der Waals surface area contributed by atoms with Crippen LogP contribution >= 0.6 is 0 Å². The van der Waals surface area contributed by atoms with E-state index in [2.05, 4.69) is 170 Å². The maximum absolute atomic E-state index is 6.68. The van der Waals surface area contributed by atoms with Crippen LogP contribution in [0.15, 0.2) is 170 Å². The van der Waals surface area contributed by atoms with Crippen molar-refractivity contribution in [3.8, 4) is 44.9 Å². The monoisotopic (exact) mass is 642 g/mol. The number of para-hydroxylation sites is 1. The van der Waals surface area contributed by atoms with Crippen molar-refractivity contribution >= 4 is 0 Å². The molecule has 0 radical (unpaired) electrons. The molecule has 1 heterocycles. The molecular weight excluding hydrogens is 605 g/mol. The summed E-state index contributed by atoms with van der Waals surface area (Å²) in [5.41, 5.74) is 15.2. The Hall–Kier alpha value is -5.66. The molecule has 50 heavy (non-hydrogen) atoms. The van der Waals surface area contributed by atoms with Crippen LogP contribution in [0.3, 0.4) is 0 Å². The normalized spacial score (nSPS) is 16.1. The number of benzene rings is 7. The summed E-state index contributed by atoms with van der Waals surface area (Å²) in [5.74, 6) is 1.80. The molecule has 7 aromatic rings. The van der Waals surface area contributed by atoms with Crippen LogP contribution in [-0.4, -0.2) is 0 Å². The van der Waals surface area contributed by atoms with E-state index in [9.17, 15) is 0 Å². The van der Waals surface area contributed by atoms with Gasteiger partial charge < -0.3 is 4.74 Å². The SMILES string of the molecule is c1ccc(C2(c3ccccc3)c3ccccc3Oc3ccc(-c4cccc(-c5ccc6c(c5)C5(CCCCC5)c5ccccc5-6)c4)cc32)cc1. The quantitative estimate of drug-likeness (QED) is 0.186. The first-order chi connectivity index (χ1) is 24.8. The molecule has 1 spiro atoms. The van der Waals surface area contributed by atoms with Gasteiger partial charge in [-0.25, -0.2) is 0 Å². The van der Waals surface area contributed by atoms with Crippen molar-refractivity contribution in [3.63, 3.8) is 0 Å². The Bertz CT molecular complexity index is 2340. The average molecular weight is 643 g/mol. The molecule has 0 N–H and O–H groups in total. The van der Waals surface area contributed by atoms with E-state index in [1.54, 1.807) is 5.56 Å². The van der Waals surface area contributed by atoms with Crippen molar-refractivity contribution in [1.29, 1.82) is 0 Å². The van der Waals surface area contributed by atoms with Gasteiger partial charge in [-0.2, -0.15) is 0 Å². The second kappa shape index (κ2) is 11.5. The smallest absolute Gasteiger partial charge is 0.132 e. The Labute approximate surface area is 294 Å². The van der Waals surface area contributed by atoms with Crippen LogP contribution in [0, 0.1) is 0 Å². The maximum atomic E-state index is 6.68. The molecule has 2 aliphatic carbocycles. The van der Waals surface area contributed by atoms with Gasteiger partial charge in [0.25, 0.3) is 0 Å². The minimum absolute atomic E-state index is 0.144. The molecule has 1 nitrogen and oxygen atoms in total. The molecule has 0 bridgehead atoms. The topological polar surface area (TPSA) is 9.23 Å². The van der Waals surface area contributed by atoms with Crippen LogP contribution in [0.25, 0.3) is 33.4 Å². The Balaban J connectivity index is 1.12. The summed E-state index contributed by atoms with van der Waals surface area (Å²) in [6, 6.07) is 62.7. The van der Waals surface area contributed by atoms with E-state index in [0.29, 0.717) is 0 Å². The zero-order chi connectivity index (χ0) is 33.1. The lowest BCUT2D eigenvalue weighted by atomic mass is 9.63. The molecule has 0 unspecified atom stereocenters. The second-order valence-electron chi connectivity index (χ2n) is 14.3. The third-order valence-corrected chi connectivity index (χ3v) is 11.8. The lowest BCUT2D eigenvalue weighted by Gasteiger charge is -2.41. The predicted octanol–water partition coefficient (Wildman–Crippen LogP) is 12.7. The molecular formula is C49H38O.